The third-order valence-corrected chi connectivity index (χ3v) is 2.66. The molecule has 0 saturated heterocycles. The molecule has 1 N–H and O–H groups in total. The van der Waals surface area contributed by atoms with Gasteiger partial charge in [0.15, 0.2) is 0 Å². The van der Waals surface area contributed by atoms with Crippen LogP contribution < -0.4 is 5.32 Å². The van der Waals surface area contributed by atoms with Crippen molar-refractivity contribution in [3.8, 4) is 0 Å². The largest absolute Gasteiger partial charge is 0.383 e. The fourth-order valence-electron chi connectivity index (χ4n) is 1.69. The fourth-order valence-corrected chi connectivity index (χ4v) is 1.69. The number of methoxy groups -OCH3 is 1. The van der Waals surface area contributed by atoms with Crippen molar-refractivity contribution in [1.29, 1.82) is 0 Å². The van der Waals surface area contributed by atoms with E-state index >= 15 is 0 Å². The molecule has 17 heavy (non-hydrogen) atoms. The van der Waals surface area contributed by atoms with E-state index < -0.39 is 0 Å². The lowest BCUT2D eigenvalue weighted by molar-refractivity contribution is 0.199. The number of hydrogen-bond acceptors (Lipinski definition) is 3. The number of aromatic nitrogens is 2. The molecule has 1 aromatic heterocycles. The van der Waals surface area contributed by atoms with Gasteiger partial charge in [-0.25, -0.2) is 4.98 Å². The molecule has 1 aromatic rings. The van der Waals surface area contributed by atoms with Gasteiger partial charge in [0.2, 0.25) is 0 Å². The highest BCUT2D eigenvalue weighted by atomic mass is 16.5. The van der Waals surface area contributed by atoms with Crippen molar-refractivity contribution in [2.24, 2.45) is 0 Å². The zero-order valence-electron chi connectivity index (χ0n) is 11.1. The molecular formula is C13H23N3O. The van der Waals surface area contributed by atoms with Crippen molar-refractivity contribution in [2.75, 3.05) is 26.8 Å². The second-order valence-electron chi connectivity index (χ2n) is 3.96. The predicted octanol–water partition coefficient (Wildman–Crippen LogP) is 1.93. The quantitative estimate of drug-likeness (QED) is 0.702. The van der Waals surface area contributed by atoms with E-state index in [4.69, 9.17) is 4.74 Å². The molecule has 0 saturated carbocycles. The first-order valence-electron chi connectivity index (χ1n) is 6.17. The summed E-state index contributed by atoms with van der Waals surface area (Å²) in [6.07, 6.45) is 7.12. The zero-order valence-corrected chi connectivity index (χ0v) is 11.1. The third kappa shape index (κ3) is 4.71. The van der Waals surface area contributed by atoms with Crippen molar-refractivity contribution < 1.29 is 4.74 Å². The standard InChI is InChI=1S/C13H23N3O/c1-4-16-10-8-15-13(16)12(2)6-5-7-14-9-11-17-3/h6,8,10,14H,4-5,7,9,11H2,1-3H3. The highest BCUT2D eigenvalue weighted by Gasteiger charge is 2.01. The Labute approximate surface area is 104 Å². The summed E-state index contributed by atoms with van der Waals surface area (Å²) in [6.45, 7) is 7.87. The Hall–Kier alpha value is -1.13. The van der Waals surface area contributed by atoms with Crippen LogP contribution in [0, 0.1) is 0 Å². The first-order chi connectivity index (χ1) is 8.29. The molecule has 0 aromatic carbocycles. The summed E-state index contributed by atoms with van der Waals surface area (Å²) in [5.41, 5.74) is 1.24. The molecule has 0 radical (unpaired) electrons. The monoisotopic (exact) mass is 237 g/mol. The van der Waals surface area contributed by atoms with Gasteiger partial charge in [0, 0.05) is 32.6 Å². The van der Waals surface area contributed by atoms with E-state index in [-0.39, 0.29) is 0 Å². The van der Waals surface area contributed by atoms with Crippen LogP contribution in [0.25, 0.3) is 5.57 Å². The Morgan fingerprint density at radius 3 is 3.06 bits per heavy atom. The highest BCUT2D eigenvalue weighted by molar-refractivity contribution is 5.57. The molecule has 4 heteroatoms. The second kappa shape index (κ2) is 8.03. The zero-order chi connectivity index (χ0) is 12.5. The summed E-state index contributed by atoms with van der Waals surface area (Å²) in [7, 11) is 1.72. The Kier molecular flexibility index (Phi) is 6.58. The van der Waals surface area contributed by atoms with Crippen LogP contribution in [0.2, 0.25) is 0 Å². The van der Waals surface area contributed by atoms with E-state index in [0.717, 1.165) is 38.5 Å². The van der Waals surface area contributed by atoms with E-state index in [1.54, 1.807) is 7.11 Å². The summed E-state index contributed by atoms with van der Waals surface area (Å²) in [6, 6.07) is 0. The number of rotatable bonds is 8. The number of hydrogen-bond donors (Lipinski definition) is 1. The average Bonchev–Trinajstić information content (AvgIpc) is 2.81. The number of ether oxygens (including phenoxy) is 1. The van der Waals surface area contributed by atoms with Crippen LogP contribution >= 0.6 is 0 Å². The maximum atomic E-state index is 4.97. The normalized spacial score (nSPS) is 12.1. The maximum Gasteiger partial charge on any atom is 0.135 e. The molecule has 1 heterocycles. The highest BCUT2D eigenvalue weighted by Crippen LogP contribution is 2.11. The van der Waals surface area contributed by atoms with Crippen molar-refractivity contribution >= 4 is 5.57 Å². The lowest BCUT2D eigenvalue weighted by Crippen LogP contribution is -2.19. The van der Waals surface area contributed by atoms with Crippen molar-refractivity contribution in [3.05, 3.63) is 24.3 Å². The van der Waals surface area contributed by atoms with Crippen LogP contribution in [0.3, 0.4) is 0 Å². The van der Waals surface area contributed by atoms with Crippen LogP contribution in [-0.2, 0) is 11.3 Å². The predicted molar refractivity (Wildman–Crippen MR) is 70.9 cm³/mol. The number of nitrogens with one attached hydrogen (secondary N) is 1. The first kappa shape index (κ1) is 13.9. The molecule has 0 unspecified atom stereocenters. The molecule has 0 amide bonds. The molecule has 0 atom stereocenters. The van der Waals surface area contributed by atoms with Gasteiger partial charge in [-0.05, 0) is 32.4 Å². The average molecular weight is 237 g/mol. The van der Waals surface area contributed by atoms with E-state index in [9.17, 15) is 0 Å². The van der Waals surface area contributed by atoms with Crippen LogP contribution in [0.5, 0.6) is 0 Å². The van der Waals surface area contributed by atoms with Crippen LogP contribution in [0.1, 0.15) is 26.1 Å². The minimum atomic E-state index is 0.767. The van der Waals surface area contributed by atoms with Crippen LogP contribution in [0.15, 0.2) is 18.5 Å². The summed E-state index contributed by atoms with van der Waals surface area (Å²) in [5.74, 6) is 1.07. The van der Waals surface area contributed by atoms with E-state index in [1.807, 2.05) is 12.4 Å². The number of aryl methyl sites for hydroxylation is 1. The van der Waals surface area contributed by atoms with Gasteiger partial charge in [-0.3, -0.25) is 0 Å². The molecule has 0 bridgehead atoms. The molecule has 96 valence electrons. The lowest BCUT2D eigenvalue weighted by Gasteiger charge is -2.05. The topological polar surface area (TPSA) is 39.1 Å². The van der Waals surface area contributed by atoms with E-state index in [1.165, 1.54) is 5.57 Å². The minimum Gasteiger partial charge on any atom is -0.383 e. The van der Waals surface area contributed by atoms with Crippen LogP contribution in [0.4, 0.5) is 0 Å². The lowest BCUT2D eigenvalue weighted by atomic mass is 10.2. The summed E-state index contributed by atoms with van der Waals surface area (Å²) in [5, 5.41) is 3.32. The first-order valence-corrected chi connectivity index (χ1v) is 6.17. The molecule has 0 spiro atoms. The fraction of sp³-hybridized carbons (Fsp3) is 0.615. The Morgan fingerprint density at radius 1 is 1.53 bits per heavy atom. The van der Waals surface area contributed by atoms with Gasteiger partial charge < -0.3 is 14.6 Å². The van der Waals surface area contributed by atoms with Crippen LogP contribution in [-0.4, -0.2) is 36.4 Å². The summed E-state index contributed by atoms with van der Waals surface area (Å²) < 4.78 is 7.12. The molecule has 1 rings (SSSR count). The SMILES string of the molecule is CCn1ccnc1C(C)=CCCNCCOC. The molecule has 0 aliphatic rings. The second-order valence-corrected chi connectivity index (χ2v) is 3.96. The van der Waals surface area contributed by atoms with Gasteiger partial charge in [-0.1, -0.05) is 6.08 Å². The van der Waals surface area contributed by atoms with Crippen molar-refractivity contribution in [2.45, 2.75) is 26.8 Å². The van der Waals surface area contributed by atoms with Gasteiger partial charge in [-0.15, -0.1) is 0 Å². The maximum absolute atomic E-state index is 4.97. The van der Waals surface area contributed by atoms with E-state index in [0.29, 0.717) is 0 Å². The van der Waals surface area contributed by atoms with Gasteiger partial charge in [0.05, 0.1) is 6.61 Å². The summed E-state index contributed by atoms with van der Waals surface area (Å²) in [4.78, 5) is 4.37. The summed E-state index contributed by atoms with van der Waals surface area (Å²) >= 11 is 0. The number of imidazole rings is 1. The molecular weight excluding hydrogens is 214 g/mol. The minimum absolute atomic E-state index is 0.767. The number of allylic oxidation sites excluding steroid dienone is 1. The van der Waals surface area contributed by atoms with Crippen molar-refractivity contribution in [3.63, 3.8) is 0 Å². The Morgan fingerprint density at radius 2 is 2.35 bits per heavy atom. The molecule has 0 aliphatic carbocycles. The third-order valence-electron chi connectivity index (χ3n) is 2.66. The Balaban J connectivity index is 2.34. The molecule has 0 fully saturated rings. The Bertz CT molecular complexity index is 344. The molecule has 0 aliphatic heterocycles. The van der Waals surface area contributed by atoms with E-state index in [2.05, 4.69) is 34.8 Å². The molecule has 4 nitrogen and oxygen atoms in total. The van der Waals surface area contributed by atoms with Crippen molar-refractivity contribution in [1.82, 2.24) is 14.9 Å². The van der Waals surface area contributed by atoms with Gasteiger partial charge in [0.25, 0.3) is 0 Å². The number of nitrogens with zero attached hydrogens (tertiary/aromatic N) is 2. The van der Waals surface area contributed by atoms with Gasteiger partial charge in [0.1, 0.15) is 5.82 Å². The smallest absolute Gasteiger partial charge is 0.135 e. The van der Waals surface area contributed by atoms with Gasteiger partial charge >= 0.3 is 0 Å². The van der Waals surface area contributed by atoms with Gasteiger partial charge in [-0.2, -0.15) is 0 Å².